The number of hydrogen-bond acceptors (Lipinski definition) is 2. The molecule has 1 aromatic heterocycles. The summed E-state index contributed by atoms with van der Waals surface area (Å²) in [5.74, 6) is -0.163. The van der Waals surface area contributed by atoms with Crippen LogP contribution in [0.2, 0.25) is 0 Å². The van der Waals surface area contributed by atoms with E-state index in [1.807, 2.05) is 13.1 Å². The zero-order valence-electron chi connectivity index (χ0n) is 12.2. The van der Waals surface area contributed by atoms with Crippen LogP contribution in [0.3, 0.4) is 0 Å². The Morgan fingerprint density at radius 1 is 1.25 bits per heavy atom. The molecule has 2 heterocycles. The summed E-state index contributed by atoms with van der Waals surface area (Å²) < 4.78 is 15.5. The number of nitrogens with zero attached hydrogens (tertiary/aromatic N) is 2. The lowest BCUT2D eigenvalue weighted by Gasteiger charge is -2.19. The fourth-order valence-corrected chi connectivity index (χ4v) is 3.10. The fourth-order valence-electron chi connectivity index (χ4n) is 3.10. The Hall–Kier alpha value is -1.39. The molecule has 1 fully saturated rings. The normalized spacial score (nSPS) is 17.6. The molecule has 20 heavy (non-hydrogen) atoms. The van der Waals surface area contributed by atoms with E-state index in [9.17, 15) is 4.39 Å². The molecule has 0 atom stereocenters. The van der Waals surface area contributed by atoms with Crippen LogP contribution < -0.4 is 5.32 Å². The van der Waals surface area contributed by atoms with Crippen molar-refractivity contribution in [2.45, 2.75) is 19.9 Å². The Bertz CT molecular complexity index is 610. The number of hydrogen-bond donors (Lipinski definition) is 1. The van der Waals surface area contributed by atoms with Crippen molar-refractivity contribution in [3.63, 3.8) is 0 Å². The quantitative estimate of drug-likeness (QED) is 0.908. The average Bonchev–Trinajstić information content (AvgIpc) is 2.66. The van der Waals surface area contributed by atoms with Gasteiger partial charge in [-0.15, -0.1) is 0 Å². The minimum atomic E-state index is -0.163. The Morgan fingerprint density at radius 2 is 2.10 bits per heavy atom. The lowest BCUT2D eigenvalue weighted by atomic mass is 10.1. The van der Waals surface area contributed by atoms with Gasteiger partial charge in [-0.05, 0) is 50.2 Å². The summed E-state index contributed by atoms with van der Waals surface area (Å²) >= 11 is 0. The predicted molar refractivity (Wildman–Crippen MR) is 80.4 cm³/mol. The smallest absolute Gasteiger partial charge is 0.125 e. The predicted octanol–water partition coefficient (Wildman–Crippen LogP) is 2.42. The molecule has 0 amide bonds. The first-order valence-electron chi connectivity index (χ1n) is 7.33. The number of benzene rings is 1. The van der Waals surface area contributed by atoms with E-state index < -0.39 is 0 Å². The molecule has 0 radical (unpaired) electrons. The van der Waals surface area contributed by atoms with Crippen LogP contribution in [-0.4, -0.2) is 35.6 Å². The van der Waals surface area contributed by atoms with Crippen LogP contribution in [0.15, 0.2) is 18.2 Å². The lowest BCUT2D eigenvalue weighted by Crippen LogP contribution is -2.27. The Balaban J connectivity index is 1.96. The highest BCUT2D eigenvalue weighted by molar-refractivity contribution is 5.85. The minimum Gasteiger partial charge on any atom is -0.348 e. The van der Waals surface area contributed by atoms with E-state index in [1.54, 1.807) is 12.1 Å². The van der Waals surface area contributed by atoms with Gasteiger partial charge in [0.25, 0.3) is 0 Å². The highest BCUT2D eigenvalue weighted by Gasteiger charge is 2.16. The third-order valence-corrected chi connectivity index (χ3v) is 4.40. The second kappa shape index (κ2) is 5.54. The maximum Gasteiger partial charge on any atom is 0.125 e. The number of aryl methyl sites for hydroxylation is 1. The average molecular weight is 275 g/mol. The second-order valence-corrected chi connectivity index (χ2v) is 5.66. The fraction of sp³-hybridized carbons (Fsp3) is 0.500. The lowest BCUT2D eigenvalue weighted by molar-refractivity contribution is 0.284. The number of rotatable bonds is 2. The molecular weight excluding hydrogens is 253 g/mol. The molecule has 0 aliphatic carbocycles. The van der Waals surface area contributed by atoms with Gasteiger partial charge in [0.05, 0.1) is 5.52 Å². The van der Waals surface area contributed by atoms with E-state index in [0.717, 1.165) is 38.2 Å². The van der Waals surface area contributed by atoms with E-state index in [-0.39, 0.29) is 5.82 Å². The van der Waals surface area contributed by atoms with Crippen LogP contribution in [0.25, 0.3) is 10.9 Å². The molecule has 1 aliphatic heterocycles. The van der Waals surface area contributed by atoms with Crippen LogP contribution in [0.4, 0.5) is 4.39 Å². The van der Waals surface area contributed by atoms with Gasteiger partial charge in [0, 0.05) is 37.8 Å². The van der Waals surface area contributed by atoms with Crippen molar-refractivity contribution in [3.8, 4) is 0 Å². The topological polar surface area (TPSA) is 20.2 Å². The van der Waals surface area contributed by atoms with Crippen molar-refractivity contribution in [1.29, 1.82) is 0 Å². The van der Waals surface area contributed by atoms with Crippen molar-refractivity contribution in [1.82, 2.24) is 14.8 Å². The molecule has 1 aliphatic rings. The van der Waals surface area contributed by atoms with Crippen LogP contribution in [0.1, 0.15) is 17.7 Å². The SMILES string of the molecule is Cc1c(CN2CCCNCC2)c2ccc(F)cc2n1C. The van der Waals surface area contributed by atoms with Gasteiger partial charge < -0.3 is 9.88 Å². The molecule has 0 bridgehead atoms. The molecule has 108 valence electrons. The molecule has 2 aromatic rings. The van der Waals surface area contributed by atoms with Gasteiger partial charge in [0.15, 0.2) is 0 Å². The van der Waals surface area contributed by atoms with Gasteiger partial charge in [-0.25, -0.2) is 4.39 Å². The van der Waals surface area contributed by atoms with Gasteiger partial charge in [0.1, 0.15) is 5.82 Å². The van der Waals surface area contributed by atoms with Gasteiger partial charge in [-0.1, -0.05) is 0 Å². The molecule has 3 nitrogen and oxygen atoms in total. The number of fused-ring (bicyclic) bond motifs is 1. The molecule has 1 saturated heterocycles. The summed E-state index contributed by atoms with van der Waals surface area (Å²) in [4.78, 5) is 2.49. The van der Waals surface area contributed by atoms with Crippen LogP contribution in [-0.2, 0) is 13.6 Å². The Kier molecular flexibility index (Phi) is 3.76. The highest BCUT2D eigenvalue weighted by atomic mass is 19.1. The van der Waals surface area contributed by atoms with Gasteiger partial charge in [0.2, 0.25) is 0 Å². The first-order chi connectivity index (χ1) is 9.66. The monoisotopic (exact) mass is 275 g/mol. The number of aromatic nitrogens is 1. The van der Waals surface area contributed by atoms with Gasteiger partial charge >= 0.3 is 0 Å². The van der Waals surface area contributed by atoms with Gasteiger partial charge in [-0.3, -0.25) is 4.90 Å². The second-order valence-electron chi connectivity index (χ2n) is 5.66. The number of nitrogens with one attached hydrogen (secondary N) is 1. The summed E-state index contributed by atoms with van der Waals surface area (Å²) in [5, 5.41) is 4.61. The summed E-state index contributed by atoms with van der Waals surface area (Å²) in [5.41, 5.74) is 3.57. The first kappa shape index (κ1) is 13.6. The standard InChI is InChI=1S/C16H22FN3/c1-12-15(11-20-8-3-6-18-7-9-20)14-5-4-13(17)10-16(14)19(12)2/h4-5,10,18H,3,6-9,11H2,1-2H3. The maximum atomic E-state index is 13.4. The summed E-state index contributed by atoms with van der Waals surface area (Å²) in [6.45, 7) is 7.45. The highest BCUT2D eigenvalue weighted by Crippen LogP contribution is 2.27. The Morgan fingerprint density at radius 3 is 2.95 bits per heavy atom. The maximum absolute atomic E-state index is 13.4. The van der Waals surface area contributed by atoms with E-state index in [0.29, 0.717) is 0 Å². The first-order valence-corrected chi connectivity index (χ1v) is 7.33. The minimum absolute atomic E-state index is 0.163. The van der Waals surface area contributed by atoms with Crippen molar-refractivity contribution < 1.29 is 4.39 Å². The van der Waals surface area contributed by atoms with E-state index in [1.165, 1.54) is 23.1 Å². The van der Waals surface area contributed by atoms with Crippen molar-refractivity contribution in [2.24, 2.45) is 7.05 Å². The third-order valence-electron chi connectivity index (χ3n) is 4.40. The zero-order chi connectivity index (χ0) is 14.1. The molecule has 1 aromatic carbocycles. The summed E-state index contributed by atoms with van der Waals surface area (Å²) in [7, 11) is 2.02. The zero-order valence-corrected chi connectivity index (χ0v) is 12.2. The molecule has 4 heteroatoms. The van der Waals surface area contributed by atoms with Crippen LogP contribution in [0.5, 0.6) is 0 Å². The Labute approximate surface area is 119 Å². The van der Waals surface area contributed by atoms with Gasteiger partial charge in [-0.2, -0.15) is 0 Å². The molecular formula is C16H22FN3. The molecule has 0 spiro atoms. The summed E-state index contributed by atoms with van der Waals surface area (Å²) in [6, 6.07) is 5.12. The molecule has 1 N–H and O–H groups in total. The summed E-state index contributed by atoms with van der Waals surface area (Å²) in [6.07, 6.45) is 1.19. The largest absolute Gasteiger partial charge is 0.348 e. The van der Waals surface area contributed by atoms with E-state index >= 15 is 0 Å². The van der Waals surface area contributed by atoms with Crippen molar-refractivity contribution >= 4 is 10.9 Å². The van der Waals surface area contributed by atoms with E-state index in [2.05, 4.69) is 21.7 Å². The van der Waals surface area contributed by atoms with Crippen LogP contribution >= 0.6 is 0 Å². The van der Waals surface area contributed by atoms with Crippen molar-refractivity contribution in [3.05, 3.63) is 35.3 Å². The molecule has 0 saturated carbocycles. The molecule has 3 rings (SSSR count). The van der Waals surface area contributed by atoms with Crippen molar-refractivity contribution in [2.75, 3.05) is 26.2 Å². The number of halogens is 1. The van der Waals surface area contributed by atoms with E-state index in [4.69, 9.17) is 0 Å². The third kappa shape index (κ3) is 2.45. The van der Waals surface area contributed by atoms with Crippen LogP contribution in [0, 0.1) is 12.7 Å². The molecule has 0 unspecified atom stereocenters.